The van der Waals surface area contributed by atoms with Crippen LogP contribution in [0.15, 0.2) is 27.8 Å². The topological polar surface area (TPSA) is 33.2 Å². The van der Waals surface area contributed by atoms with Gasteiger partial charge in [0.25, 0.3) is 0 Å². The molecular weight excluding hydrogens is 312 g/mol. The lowest BCUT2D eigenvalue weighted by Gasteiger charge is -2.33. The number of likely N-dealkylation sites (tertiary alicyclic amines) is 1. The summed E-state index contributed by atoms with van der Waals surface area (Å²) in [7, 11) is 0. The monoisotopic (exact) mass is 328 g/mol. The van der Waals surface area contributed by atoms with Crippen LogP contribution in [-0.4, -0.2) is 34.1 Å². The van der Waals surface area contributed by atoms with Gasteiger partial charge in [0, 0.05) is 23.3 Å². The first kappa shape index (κ1) is 13.9. The zero-order chi connectivity index (χ0) is 13.0. The van der Waals surface area contributed by atoms with Gasteiger partial charge in [0.2, 0.25) is 5.91 Å². The molecule has 1 aromatic heterocycles. The van der Waals surface area contributed by atoms with Crippen LogP contribution in [-0.2, 0) is 4.79 Å². The first-order valence-electron chi connectivity index (χ1n) is 6.21. The van der Waals surface area contributed by atoms with Gasteiger partial charge in [-0.2, -0.15) is 0 Å². The van der Waals surface area contributed by atoms with E-state index in [0.717, 1.165) is 28.9 Å². The van der Waals surface area contributed by atoms with Gasteiger partial charge in [-0.25, -0.2) is 4.98 Å². The third-order valence-electron chi connectivity index (χ3n) is 3.18. The summed E-state index contributed by atoms with van der Waals surface area (Å²) < 4.78 is 0.953. The molecular formula is C13H17BrN2OS. The number of pyridine rings is 1. The zero-order valence-electron chi connectivity index (χ0n) is 10.4. The first-order valence-corrected chi connectivity index (χ1v) is 7.99. The second kappa shape index (κ2) is 6.57. The molecule has 1 aliphatic rings. The molecule has 0 aliphatic carbocycles. The number of aromatic nitrogens is 1. The van der Waals surface area contributed by atoms with Crippen LogP contribution in [0.1, 0.15) is 26.2 Å². The van der Waals surface area contributed by atoms with Gasteiger partial charge in [0.1, 0.15) is 5.03 Å². The highest BCUT2D eigenvalue weighted by molar-refractivity contribution is 9.10. The largest absolute Gasteiger partial charge is 0.339 e. The molecule has 0 radical (unpaired) electrons. The van der Waals surface area contributed by atoms with E-state index in [1.54, 1.807) is 6.20 Å². The van der Waals surface area contributed by atoms with Gasteiger partial charge in [-0.3, -0.25) is 4.79 Å². The Bertz CT molecular complexity index is 427. The third-order valence-corrected chi connectivity index (χ3v) is 5.07. The highest BCUT2D eigenvalue weighted by Gasteiger charge is 2.23. The lowest BCUT2D eigenvalue weighted by Crippen LogP contribution is -2.42. The van der Waals surface area contributed by atoms with Crippen LogP contribution in [0.4, 0.5) is 0 Å². The highest BCUT2D eigenvalue weighted by Crippen LogP contribution is 2.25. The van der Waals surface area contributed by atoms with Crippen LogP contribution in [0.5, 0.6) is 0 Å². The average Bonchev–Trinajstić information content (AvgIpc) is 2.38. The minimum atomic E-state index is 0.227. The Morgan fingerprint density at radius 1 is 1.61 bits per heavy atom. The fraction of sp³-hybridized carbons (Fsp3) is 0.538. The van der Waals surface area contributed by atoms with Crippen LogP contribution in [0, 0.1) is 0 Å². The molecule has 2 heterocycles. The zero-order valence-corrected chi connectivity index (χ0v) is 12.8. The molecule has 1 amide bonds. The van der Waals surface area contributed by atoms with Crippen molar-refractivity contribution in [1.82, 2.24) is 9.88 Å². The normalized spacial score (nSPS) is 19.9. The summed E-state index contributed by atoms with van der Waals surface area (Å²) >= 11 is 4.95. The molecule has 0 bridgehead atoms. The first-order chi connectivity index (χ1) is 8.68. The van der Waals surface area contributed by atoms with Crippen molar-refractivity contribution in [3.63, 3.8) is 0 Å². The van der Waals surface area contributed by atoms with Gasteiger partial charge in [0.05, 0.1) is 5.75 Å². The van der Waals surface area contributed by atoms with E-state index in [2.05, 4.69) is 27.8 Å². The molecule has 98 valence electrons. The standard InChI is InChI=1S/C13H17BrN2OS/c1-10-5-2-3-8-16(10)12(17)9-18-13-11(14)6-4-7-15-13/h4,6-7,10H,2-3,5,8-9H2,1H3/t10-/m1/s1. The van der Waals surface area contributed by atoms with Crippen molar-refractivity contribution in [3.8, 4) is 0 Å². The van der Waals surface area contributed by atoms with E-state index in [-0.39, 0.29) is 5.91 Å². The van der Waals surface area contributed by atoms with Crippen molar-refractivity contribution in [2.75, 3.05) is 12.3 Å². The Hall–Kier alpha value is -0.550. The summed E-state index contributed by atoms with van der Waals surface area (Å²) in [5, 5.41) is 0.885. The van der Waals surface area contributed by atoms with E-state index in [1.165, 1.54) is 18.2 Å². The van der Waals surface area contributed by atoms with Gasteiger partial charge in [-0.1, -0.05) is 11.8 Å². The Kier molecular flexibility index (Phi) is 5.06. The predicted molar refractivity (Wildman–Crippen MR) is 77.7 cm³/mol. The molecule has 0 N–H and O–H groups in total. The van der Waals surface area contributed by atoms with E-state index in [1.807, 2.05) is 17.0 Å². The molecule has 0 unspecified atom stereocenters. The number of piperidine rings is 1. The van der Waals surface area contributed by atoms with E-state index in [9.17, 15) is 4.79 Å². The molecule has 18 heavy (non-hydrogen) atoms. The summed E-state index contributed by atoms with van der Waals surface area (Å²) in [5.74, 6) is 0.699. The molecule has 1 saturated heterocycles. The van der Waals surface area contributed by atoms with E-state index in [0.29, 0.717) is 11.8 Å². The number of rotatable bonds is 3. The molecule has 5 heteroatoms. The van der Waals surface area contributed by atoms with Crippen LogP contribution < -0.4 is 0 Å². The number of halogens is 1. The summed E-state index contributed by atoms with van der Waals surface area (Å²) in [4.78, 5) is 18.4. The van der Waals surface area contributed by atoms with Gasteiger partial charge >= 0.3 is 0 Å². The number of nitrogens with zero attached hydrogens (tertiary/aromatic N) is 2. The van der Waals surface area contributed by atoms with Gasteiger partial charge in [-0.15, -0.1) is 0 Å². The fourth-order valence-corrected chi connectivity index (χ4v) is 3.52. The molecule has 0 saturated carbocycles. The van der Waals surface area contributed by atoms with Crippen molar-refractivity contribution in [2.24, 2.45) is 0 Å². The molecule has 1 atom stereocenters. The summed E-state index contributed by atoms with van der Waals surface area (Å²) in [6.07, 6.45) is 5.25. The van der Waals surface area contributed by atoms with E-state index in [4.69, 9.17) is 0 Å². The van der Waals surface area contributed by atoms with Gasteiger partial charge in [-0.05, 0) is 54.2 Å². The fourth-order valence-electron chi connectivity index (χ4n) is 2.16. The van der Waals surface area contributed by atoms with Crippen LogP contribution in [0.2, 0.25) is 0 Å². The second-order valence-corrected chi connectivity index (χ2v) is 6.33. The van der Waals surface area contributed by atoms with Crippen molar-refractivity contribution in [2.45, 2.75) is 37.3 Å². The Morgan fingerprint density at radius 2 is 2.44 bits per heavy atom. The molecule has 1 fully saturated rings. The quantitative estimate of drug-likeness (QED) is 0.798. The predicted octanol–water partition coefficient (Wildman–Crippen LogP) is 3.34. The maximum absolute atomic E-state index is 12.2. The maximum Gasteiger partial charge on any atom is 0.233 e. The lowest BCUT2D eigenvalue weighted by atomic mass is 10.0. The summed E-state index contributed by atoms with van der Waals surface area (Å²) in [6.45, 7) is 3.04. The Morgan fingerprint density at radius 3 is 3.17 bits per heavy atom. The number of amides is 1. The highest BCUT2D eigenvalue weighted by atomic mass is 79.9. The number of carbonyl (C=O) groups excluding carboxylic acids is 1. The van der Waals surface area contributed by atoms with Crippen molar-refractivity contribution >= 4 is 33.6 Å². The summed E-state index contributed by atoms with van der Waals surface area (Å²) in [5.41, 5.74) is 0. The van der Waals surface area contributed by atoms with Crippen LogP contribution in [0.25, 0.3) is 0 Å². The number of hydrogen-bond donors (Lipinski definition) is 0. The second-order valence-electron chi connectivity index (χ2n) is 4.51. The van der Waals surface area contributed by atoms with Crippen LogP contribution in [0.3, 0.4) is 0 Å². The van der Waals surface area contributed by atoms with Crippen molar-refractivity contribution in [3.05, 3.63) is 22.8 Å². The van der Waals surface area contributed by atoms with E-state index >= 15 is 0 Å². The lowest BCUT2D eigenvalue weighted by molar-refractivity contribution is -0.131. The minimum absolute atomic E-state index is 0.227. The molecule has 1 aliphatic heterocycles. The van der Waals surface area contributed by atoms with Gasteiger partial charge < -0.3 is 4.90 Å². The van der Waals surface area contributed by atoms with Crippen LogP contribution >= 0.6 is 27.7 Å². The smallest absolute Gasteiger partial charge is 0.233 e. The number of carbonyl (C=O) groups is 1. The third kappa shape index (κ3) is 3.48. The average molecular weight is 329 g/mol. The maximum atomic E-state index is 12.2. The molecule has 3 nitrogen and oxygen atoms in total. The molecule has 2 rings (SSSR count). The van der Waals surface area contributed by atoms with Gasteiger partial charge in [0.15, 0.2) is 0 Å². The molecule has 0 spiro atoms. The minimum Gasteiger partial charge on any atom is -0.339 e. The number of hydrogen-bond acceptors (Lipinski definition) is 3. The van der Waals surface area contributed by atoms with Crippen molar-refractivity contribution in [1.29, 1.82) is 0 Å². The molecule has 0 aromatic carbocycles. The van der Waals surface area contributed by atoms with E-state index < -0.39 is 0 Å². The Balaban J connectivity index is 1.90. The summed E-state index contributed by atoms with van der Waals surface area (Å²) in [6, 6.07) is 4.21. The Labute approximate surface area is 120 Å². The number of thioether (sulfide) groups is 1. The SMILES string of the molecule is C[C@@H]1CCCCN1C(=O)CSc1ncccc1Br. The van der Waals surface area contributed by atoms with Crippen molar-refractivity contribution < 1.29 is 4.79 Å². The molecule has 1 aromatic rings.